The molecule has 3 aromatic rings. The molecule has 0 saturated carbocycles. The lowest BCUT2D eigenvalue weighted by molar-refractivity contribution is 0.620. The number of nitrogens with one attached hydrogen (secondary N) is 1. The van der Waals surface area contributed by atoms with Gasteiger partial charge in [0.05, 0.1) is 0 Å². The average molecular weight is 224 g/mol. The Hall–Kier alpha value is -2.29. The third kappa shape index (κ3) is 1.76. The Bertz CT molecular complexity index is 625. The molecule has 0 fully saturated rings. The van der Waals surface area contributed by atoms with Gasteiger partial charge in [-0.1, -0.05) is 18.2 Å². The van der Waals surface area contributed by atoms with Crippen LogP contribution < -0.4 is 5.32 Å². The van der Waals surface area contributed by atoms with Crippen molar-refractivity contribution < 1.29 is 4.42 Å². The Morgan fingerprint density at radius 2 is 1.94 bits per heavy atom. The molecule has 1 N–H and O–H groups in total. The first-order chi connectivity index (χ1) is 8.36. The fraction of sp³-hybridized carbons (Fsp3) is 0.0714. The third-order valence-electron chi connectivity index (χ3n) is 2.69. The monoisotopic (exact) mass is 224 g/mol. The summed E-state index contributed by atoms with van der Waals surface area (Å²) >= 11 is 0. The quantitative estimate of drug-likeness (QED) is 0.723. The summed E-state index contributed by atoms with van der Waals surface area (Å²) in [7, 11) is 1.89. The maximum atomic E-state index is 5.71. The number of para-hydroxylation sites is 2. The number of hydrogen-bond acceptors (Lipinski definition) is 3. The molecule has 0 unspecified atom stereocenters. The van der Waals surface area contributed by atoms with Crippen LogP contribution in [0.25, 0.3) is 22.6 Å². The van der Waals surface area contributed by atoms with Crippen LogP contribution in [0.1, 0.15) is 0 Å². The Kier molecular flexibility index (Phi) is 2.29. The lowest BCUT2D eigenvalue weighted by Crippen LogP contribution is -1.87. The van der Waals surface area contributed by atoms with Gasteiger partial charge in [0, 0.05) is 18.3 Å². The molecule has 1 heterocycles. The number of rotatable bonds is 2. The number of oxazole rings is 1. The molecule has 84 valence electrons. The fourth-order valence-corrected chi connectivity index (χ4v) is 1.80. The van der Waals surface area contributed by atoms with Gasteiger partial charge in [0.25, 0.3) is 0 Å². The number of anilines is 1. The highest BCUT2D eigenvalue weighted by Crippen LogP contribution is 2.25. The number of nitrogens with zero attached hydrogens (tertiary/aromatic N) is 1. The smallest absolute Gasteiger partial charge is 0.227 e. The van der Waals surface area contributed by atoms with E-state index in [4.69, 9.17) is 4.42 Å². The normalized spacial score (nSPS) is 10.6. The fourth-order valence-electron chi connectivity index (χ4n) is 1.80. The van der Waals surface area contributed by atoms with Gasteiger partial charge < -0.3 is 9.73 Å². The van der Waals surface area contributed by atoms with Crippen molar-refractivity contribution in [3.63, 3.8) is 0 Å². The van der Waals surface area contributed by atoms with E-state index < -0.39 is 0 Å². The topological polar surface area (TPSA) is 38.1 Å². The van der Waals surface area contributed by atoms with Crippen LogP contribution in [0.5, 0.6) is 0 Å². The van der Waals surface area contributed by atoms with E-state index in [0.717, 1.165) is 22.4 Å². The molecular weight excluding hydrogens is 212 g/mol. The molecule has 0 aliphatic rings. The Balaban J connectivity index is 2.13. The average Bonchev–Trinajstić information content (AvgIpc) is 2.82. The van der Waals surface area contributed by atoms with Crippen molar-refractivity contribution in [1.29, 1.82) is 0 Å². The summed E-state index contributed by atoms with van der Waals surface area (Å²) in [6, 6.07) is 15.8. The lowest BCUT2D eigenvalue weighted by Gasteiger charge is -2.00. The van der Waals surface area contributed by atoms with Crippen LogP contribution in [-0.4, -0.2) is 12.0 Å². The highest BCUT2D eigenvalue weighted by Gasteiger charge is 2.07. The van der Waals surface area contributed by atoms with Crippen molar-refractivity contribution >= 4 is 16.8 Å². The second-order valence-corrected chi connectivity index (χ2v) is 3.82. The summed E-state index contributed by atoms with van der Waals surface area (Å²) in [5, 5.41) is 3.10. The molecule has 0 atom stereocenters. The Morgan fingerprint density at radius 3 is 2.76 bits per heavy atom. The maximum Gasteiger partial charge on any atom is 0.227 e. The van der Waals surface area contributed by atoms with E-state index in [9.17, 15) is 0 Å². The summed E-state index contributed by atoms with van der Waals surface area (Å²) in [5.41, 5.74) is 3.73. The standard InChI is InChI=1S/C14H12N2O/c1-15-11-6-4-5-10(9-11)14-16-12-7-2-3-8-13(12)17-14/h2-9,15H,1H3. The number of hydrogen-bond donors (Lipinski definition) is 1. The van der Waals surface area contributed by atoms with Crippen LogP contribution in [0.4, 0.5) is 5.69 Å². The largest absolute Gasteiger partial charge is 0.436 e. The van der Waals surface area contributed by atoms with Crippen LogP contribution in [-0.2, 0) is 0 Å². The van der Waals surface area contributed by atoms with Gasteiger partial charge >= 0.3 is 0 Å². The van der Waals surface area contributed by atoms with E-state index in [1.165, 1.54) is 0 Å². The Labute approximate surface area is 99.1 Å². The predicted molar refractivity (Wildman–Crippen MR) is 69.0 cm³/mol. The van der Waals surface area contributed by atoms with E-state index in [1.54, 1.807) is 0 Å². The molecule has 0 aliphatic heterocycles. The highest BCUT2D eigenvalue weighted by atomic mass is 16.3. The molecule has 0 amide bonds. The molecule has 3 nitrogen and oxygen atoms in total. The van der Waals surface area contributed by atoms with Crippen molar-refractivity contribution in [2.24, 2.45) is 0 Å². The number of aromatic nitrogens is 1. The van der Waals surface area contributed by atoms with Crippen molar-refractivity contribution in [3.05, 3.63) is 48.5 Å². The van der Waals surface area contributed by atoms with Crippen LogP contribution in [0.2, 0.25) is 0 Å². The van der Waals surface area contributed by atoms with Gasteiger partial charge in [0.15, 0.2) is 5.58 Å². The third-order valence-corrected chi connectivity index (χ3v) is 2.69. The van der Waals surface area contributed by atoms with E-state index in [1.807, 2.05) is 55.6 Å². The van der Waals surface area contributed by atoms with E-state index in [2.05, 4.69) is 10.3 Å². The predicted octanol–water partition coefficient (Wildman–Crippen LogP) is 3.54. The molecule has 2 aromatic carbocycles. The molecule has 3 rings (SSSR count). The molecule has 0 saturated heterocycles. The zero-order valence-electron chi connectivity index (χ0n) is 9.47. The molecule has 3 heteroatoms. The summed E-state index contributed by atoms with van der Waals surface area (Å²) < 4.78 is 5.71. The van der Waals surface area contributed by atoms with Gasteiger partial charge in [-0.05, 0) is 30.3 Å². The first kappa shape index (κ1) is 9.90. The van der Waals surface area contributed by atoms with Crippen molar-refractivity contribution in [2.45, 2.75) is 0 Å². The van der Waals surface area contributed by atoms with E-state index in [0.29, 0.717) is 5.89 Å². The highest BCUT2D eigenvalue weighted by molar-refractivity contribution is 5.76. The van der Waals surface area contributed by atoms with Gasteiger partial charge in [-0.2, -0.15) is 0 Å². The number of fused-ring (bicyclic) bond motifs is 1. The van der Waals surface area contributed by atoms with E-state index in [-0.39, 0.29) is 0 Å². The molecule has 0 bridgehead atoms. The first-order valence-electron chi connectivity index (χ1n) is 5.50. The Morgan fingerprint density at radius 1 is 1.06 bits per heavy atom. The van der Waals surface area contributed by atoms with Gasteiger partial charge in [-0.3, -0.25) is 0 Å². The second kappa shape index (κ2) is 3.94. The van der Waals surface area contributed by atoms with Gasteiger partial charge in [-0.25, -0.2) is 4.98 Å². The summed E-state index contributed by atoms with van der Waals surface area (Å²) in [5.74, 6) is 0.656. The summed E-state index contributed by atoms with van der Waals surface area (Å²) in [6.45, 7) is 0. The molecule has 0 spiro atoms. The van der Waals surface area contributed by atoms with Crippen LogP contribution in [0, 0.1) is 0 Å². The SMILES string of the molecule is CNc1cccc(-c2nc3ccccc3o2)c1. The van der Waals surface area contributed by atoms with Crippen molar-refractivity contribution in [3.8, 4) is 11.5 Å². The van der Waals surface area contributed by atoms with Gasteiger partial charge in [0.2, 0.25) is 5.89 Å². The molecule has 1 aromatic heterocycles. The van der Waals surface area contributed by atoms with Crippen LogP contribution in [0.3, 0.4) is 0 Å². The lowest BCUT2D eigenvalue weighted by atomic mass is 10.2. The second-order valence-electron chi connectivity index (χ2n) is 3.82. The zero-order valence-corrected chi connectivity index (χ0v) is 9.47. The molecule has 0 aliphatic carbocycles. The minimum absolute atomic E-state index is 0.656. The minimum atomic E-state index is 0.656. The van der Waals surface area contributed by atoms with Gasteiger partial charge in [-0.15, -0.1) is 0 Å². The minimum Gasteiger partial charge on any atom is -0.436 e. The molecule has 0 radical (unpaired) electrons. The van der Waals surface area contributed by atoms with Crippen LogP contribution in [0.15, 0.2) is 52.9 Å². The number of benzene rings is 2. The van der Waals surface area contributed by atoms with Crippen LogP contribution >= 0.6 is 0 Å². The van der Waals surface area contributed by atoms with Gasteiger partial charge in [0.1, 0.15) is 5.52 Å². The summed E-state index contributed by atoms with van der Waals surface area (Å²) in [4.78, 5) is 4.46. The zero-order chi connectivity index (χ0) is 11.7. The first-order valence-corrected chi connectivity index (χ1v) is 5.50. The molecule has 17 heavy (non-hydrogen) atoms. The summed E-state index contributed by atoms with van der Waals surface area (Å²) in [6.07, 6.45) is 0. The molecular formula is C14H12N2O. The van der Waals surface area contributed by atoms with Crippen molar-refractivity contribution in [1.82, 2.24) is 4.98 Å². The maximum absolute atomic E-state index is 5.71. The van der Waals surface area contributed by atoms with E-state index >= 15 is 0 Å². The van der Waals surface area contributed by atoms with Crippen molar-refractivity contribution in [2.75, 3.05) is 12.4 Å².